The minimum absolute atomic E-state index is 0.0937. The Bertz CT molecular complexity index is 519. The topological polar surface area (TPSA) is 26.3 Å². The molecule has 1 aromatic rings. The van der Waals surface area contributed by atoms with Gasteiger partial charge in [-0.3, -0.25) is 4.79 Å². The van der Waals surface area contributed by atoms with Crippen molar-refractivity contribution >= 4 is 5.97 Å². The molecule has 26 heavy (non-hydrogen) atoms. The third-order valence-electron chi connectivity index (χ3n) is 5.39. The van der Waals surface area contributed by atoms with Crippen LogP contribution in [0.15, 0.2) is 18.2 Å². The molecule has 1 atom stereocenters. The van der Waals surface area contributed by atoms with Gasteiger partial charge in [0.05, 0.1) is 12.5 Å². The van der Waals surface area contributed by atoms with Crippen LogP contribution in [-0.2, 0) is 9.53 Å². The van der Waals surface area contributed by atoms with Crippen molar-refractivity contribution in [1.29, 1.82) is 0 Å². The lowest BCUT2D eigenvalue weighted by molar-refractivity contribution is -0.145. The van der Waals surface area contributed by atoms with Gasteiger partial charge in [-0.15, -0.1) is 0 Å². The highest BCUT2D eigenvalue weighted by Crippen LogP contribution is 2.23. The van der Waals surface area contributed by atoms with Crippen LogP contribution in [0.25, 0.3) is 0 Å². The van der Waals surface area contributed by atoms with Crippen molar-refractivity contribution in [2.75, 3.05) is 6.61 Å². The van der Waals surface area contributed by atoms with E-state index >= 15 is 0 Å². The summed E-state index contributed by atoms with van der Waals surface area (Å²) in [7, 11) is 0. The van der Waals surface area contributed by atoms with E-state index in [1.807, 2.05) is 19.1 Å². The fraction of sp³-hybridized carbons (Fsp3) is 0.708. The molecule has 0 saturated heterocycles. The first-order chi connectivity index (χ1) is 12.4. The fourth-order valence-electron chi connectivity index (χ4n) is 3.38. The van der Waals surface area contributed by atoms with Gasteiger partial charge in [-0.1, -0.05) is 83.4 Å². The molecule has 0 aliphatic heterocycles. The number of unbranched alkanes of at least 4 members (excludes halogenated alkanes) is 7. The second-order valence-electron chi connectivity index (χ2n) is 8.19. The Labute approximate surface area is 161 Å². The number of carbonyl (C=O) groups excluding carboxylic acids is 1. The SMILES string of the molecule is Cc1cccc(C(C)C(=O)OCCCCCCCCCCC(C)C)c1C. The summed E-state index contributed by atoms with van der Waals surface area (Å²) < 4.78 is 5.50. The summed E-state index contributed by atoms with van der Waals surface area (Å²) in [4.78, 5) is 12.3. The largest absolute Gasteiger partial charge is 0.465 e. The van der Waals surface area contributed by atoms with Crippen LogP contribution in [0.4, 0.5) is 0 Å². The van der Waals surface area contributed by atoms with E-state index in [0.29, 0.717) is 6.61 Å². The predicted molar refractivity (Wildman–Crippen MR) is 112 cm³/mol. The summed E-state index contributed by atoms with van der Waals surface area (Å²) >= 11 is 0. The molecule has 0 N–H and O–H groups in total. The summed E-state index contributed by atoms with van der Waals surface area (Å²) in [6.45, 7) is 11.3. The van der Waals surface area contributed by atoms with E-state index in [0.717, 1.165) is 24.3 Å². The van der Waals surface area contributed by atoms with Gasteiger partial charge in [0.15, 0.2) is 0 Å². The van der Waals surface area contributed by atoms with E-state index < -0.39 is 0 Å². The van der Waals surface area contributed by atoms with Gasteiger partial charge in [0, 0.05) is 0 Å². The normalized spacial score (nSPS) is 12.4. The van der Waals surface area contributed by atoms with Crippen LogP contribution in [0, 0.1) is 19.8 Å². The molecule has 148 valence electrons. The van der Waals surface area contributed by atoms with E-state index in [9.17, 15) is 4.79 Å². The lowest BCUT2D eigenvalue weighted by Gasteiger charge is -2.15. The van der Waals surface area contributed by atoms with Gasteiger partial charge in [0.25, 0.3) is 0 Å². The molecular weight excluding hydrogens is 320 g/mol. The monoisotopic (exact) mass is 360 g/mol. The van der Waals surface area contributed by atoms with Gasteiger partial charge in [-0.25, -0.2) is 0 Å². The summed E-state index contributed by atoms with van der Waals surface area (Å²) in [5.41, 5.74) is 3.52. The van der Waals surface area contributed by atoms with Crippen molar-refractivity contribution in [2.24, 2.45) is 5.92 Å². The number of rotatable bonds is 13. The van der Waals surface area contributed by atoms with Crippen LogP contribution in [0.1, 0.15) is 101 Å². The molecule has 0 fully saturated rings. The standard InChI is InChI=1S/C24H40O2/c1-19(2)15-12-10-8-6-7-9-11-13-18-26-24(25)22(5)23-17-14-16-20(3)21(23)4/h14,16-17,19,22H,6-13,15,18H2,1-5H3. The Morgan fingerprint density at radius 3 is 2.08 bits per heavy atom. The zero-order chi connectivity index (χ0) is 19.4. The predicted octanol–water partition coefficient (Wildman–Crippen LogP) is 7.12. The Kier molecular flexibility index (Phi) is 11.3. The van der Waals surface area contributed by atoms with Gasteiger partial charge in [0.1, 0.15) is 0 Å². The molecule has 1 rings (SSSR count). The van der Waals surface area contributed by atoms with E-state index in [1.54, 1.807) is 0 Å². The molecule has 1 unspecified atom stereocenters. The first-order valence-electron chi connectivity index (χ1n) is 10.7. The summed E-state index contributed by atoms with van der Waals surface area (Å²) in [5.74, 6) is 0.569. The Hall–Kier alpha value is -1.31. The van der Waals surface area contributed by atoms with Crippen LogP contribution in [0.5, 0.6) is 0 Å². The first-order valence-corrected chi connectivity index (χ1v) is 10.7. The number of benzene rings is 1. The average Bonchev–Trinajstić information content (AvgIpc) is 2.61. The summed E-state index contributed by atoms with van der Waals surface area (Å²) in [6, 6.07) is 6.14. The van der Waals surface area contributed by atoms with E-state index in [4.69, 9.17) is 4.74 Å². The molecule has 0 spiro atoms. The van der Waals surface area contributed by atoms with E-state index in [2.05, 4.69) is 33.8 Å². The first kappa shape index (κ1) is 22.7. The maximum atomic E-state index is 12.3. The smallest absolute Gasteiger partial charge is 0.313 e. The van der Waals surface area contributed by atoms with Gasteiger partial charge < -0.3 is 4.74 Å². The molecule has 0 bridgehead atoms. The van der Waals surface area contributed by atoms with E-state index in [-0.39, 0.29) is 11.9 Å². The van der Waals surface area contributed by atoms with Crippen LogP contribution in [0.2, 0.25) is 0 Å². The quantitative estimate of drug-likeness (QED) is 0.276. The second kappa shape index (κ2) is 12.9. The van der Waals surface area contributed by atoms with Gasteiger partial charge >= 0.3 is 5.97 Å². The Morgan fingerprint density at radius 2 is 1.46 bits per heavy atom. The second-order valence-corrected chi connectivity index (χ2v) is 8.19. The minimum Gasteiger partial charge on any atom is -0.465 e. The van der Waals surface area contributed by atoms with Crippen LogP contribution in [0.3, 0.4) is 0 Å². The molecular formula is C24H40O2. The lowest BCUT2D eigenvalue weighted by Crippen LogP contribution is -2.15. The molecule has 0 radical (unpaired) electrons. The van der Waals surface area contributed by atoms with Crippen LogP contribution >= 0.6 is 0 Å². The molecule has 2 nitrogen and oxygen atoms in total. The number of hydrogen-bond acceptors (Lipinski definition) is 2. The van der Waals surface area contributed by atoms with Crippen molar-refractivity contribution in [3.63, 3.8) is 0 Å². The van der Waals surface area contributed by atoms with Gasteiger partial charge in [0.2, 0.25) is 0 Å². The van der Waals surface area contributed by atoms with Crippen LogP contribution in [-0.4, -0.2) is 12.6 Å². The Morgan fingerprint density at radius 1 is 0.885 bits per heavy atom. The highest BCUT2D eigenvalue weighted by atomic mass is 16.5. The maximum absolute atomic E-state index is 12.3. The molecule has 0 saturated carbocycles. The molecule has 0 amide bonds. The lowest BCUT2D eigenvalue weighted by atomic mass is 9.94. The highest BCUT2D eigenvalue weighted by Gasteiger charge is 2.18. The highest BCUT2D eigenvalue weighted by molar-refractivity contribution is 5.78. The molecule has 0 aliphatic rings. The molecule has 1 aromatic carbocycles. The van der Waals surface area contributed by atoms with Crippen molar-refractivity contribution in [3.8, 4) is 0 Å². The third-order valence-corrected chi connectivity index (χ3v) is 5.39. The number of ether oxygens (including phenoxy) is 1. The van der Waals surface area contributed by atoms with Gasteiger partial charge in [-0.05, 0) is 49.8 Å². The molecule has 0 aromatic heterocycles. The molecule has 0 heterocycles. The molecule has 2 heteroatoms. The van der Waals surface area contributed by atoms with Crippen molar-refractivity contribution in [3.05, 3.63) is 34.9 Å². The number of aryl methyl sites for hydroxylation is 1. The maximum Gasteiger partial charge on any atom is 0.313 e. The zero-order valence-corrected chi connectivity index (χ0v) is 17.8. The van der Waals surface area contributed by atoms with Gasteiger partial charge in [-0.2, -0.15) is 0 Å². The minimum atomic E-state index is -0.180. The van der Waals surface area contributed by atoms with Crippen LogP contribution < -0.4 is 0 Å². The third kappa shape index (κ3) is 8.87. The zero-order valence-electron chi connectivity index (χ0n) is 17.8. The molecule has 0 aliphatic carbocycles. The fourth-order valence-corrected chi connectivity index (χ4v) is 3.38. The number of hydrogen-bond donors (Lipinski definition) is 0. The van der Waals surface area contributed by atoms with Crippen molar-refractivity contribution in [1.82, 2.24) is 0 Å². The summed E-state index contributed by atoms with van der Waals surface area (Å²) in [6.07, 6.45) is 11.6. The summed E-state index contributed by atoms with van der Waals surface area (Å²) in [5, 5.41) is 0. The average molecular weight is 361 g/mol. The van der Waals surface area contributed by atoms with Crippen molar-refractivity contribution < 1.29 is 9.53 Å². The van der Waals surface area contributed by atoms with Crippen molar-refractivity contribution in [2.45, 2.75) is 98.3 Å². The number of carbonyl (C=O) groups is 1. The number of esters is 1. The van der Waals surface area contributed by atoms with E-state index in [1.165, 1.54) is 56.1 Å². The Balaban J connectivity index is 2.07.